The van der Waals surface area contributed by atoms with Crippen molar-refractivity contribution in [3.05, 3.63) is 68.7 Å². The summed E-state index contributed by atoms with van der Waals surface area (Å²) in [6.45, 7) is 2.34. The largest absolute Gasteiger partial charge is 0.435 e. The third-order valence-corrected chi connectivity index (χ3v) is 7.38. The molecule has 1 saturated heterocycles. The highest BCUT2D eigenvalue weighted by Gasteiger charge is 2.62. The van der Waals surface area contributed by atoms with E-state index in [0.29, 0.717) is 28.5 Å². The summed E-state index contributed by atoms with van der Waals surface area (Å²) in [4.78, 5) is 17.5. The van der Waals surface area contributed by atoms with E-state index in [-0.39, 0.29) is 27.2 Å². The molecule has 1 N–H and O–H groups in total. The lowest BCUT2D eigenvalue weighted by molar-refractivity contribution is -0.275. The molecule has 0 aromatic heterocycles. The van der Waals surface area contributed by atoms with E-state index in [2.05, 4.69) is 10.5 Å². The Kier molecular flexibility index (Phi) is 6.40. The predicted octanol–water partition coefficient (Wildman–Crippen LogP) is 6.12. The Labute approximate surface area is 197 Å². The van der Waals surface area contributed by atoms with Gasteiger partial charge < -0.3 is 10.2 Å². The summed E-state index contributed by atoms with van der Waals surface area (Å²) in [5, 5.41) is 7.25. The van der Waals surface area contributed by atoms with E-state index in [1.165, 1.54) is 18.2 Å². The molecule has 4 nitrogen and oxygen atoms in total. The minimum Gasteiger partial charge on any atom is -0.374 e. The van der Waals surface area contributed by atoms with Gasteiger partial charge in [-0.1, -0.05) is 34.4 Å². The van der Waals surface area contributed by atoms with E-state index in [1.807, 2.05) is 11.8 Å². The highest BCUT2D eigenvalue weighted by Crippen LogP contribution is 2.49. The van der Waals surface area contributed by atoms with Crippen LogP contribution in [-0.2, 0) is 10.4 Å². The number of oxime groups is 1. The van der Waals surface area contributed by atoms with Crippen LogP contribution < -0.4 is 5.32 Å². The Morgan fingerprint density at radius 2 is 1.94 bits per heavy atom. The van der Waals surface area contributed by atoms with Crippen LogP contribution in [0.2, 0.25) is 10.0 Å². The minimum atomic E-state index is -4.76. The summed E-state index contributed by atoms with van der Waals surface area (Å²) in [6, 6.07) is 8.54. The number of benzene rings is 2. The molecule has 1 unspecified atom stereocenters. The average molecular weight is 503 g/mol. The number of halogens is 5. The van der Waals surface area contributed by atoms with Crippen molar-refractivity contribution in [2.24, 2.45) is 5.16 Å². The van der Waals surface area contributed by atoms with E-state index in [4.69, 9.17) is 28.0 Å². The van der Waals surface area contributed by atoms with Crippen LogP contribution >= 0.6 is 35.0 Å². The monoisotopic (exact) mass is 502 g/mol. The molecule has 2 aliphatic rings. The maximum absolute atomic E-state index is 14.1. The molecule has 2 aromatic rings. The van der Waals surface area contributed by atoms with Gasteiger partial charge in [0.05, 0.1) is 5.71 Å². The number of aryl methyl sites for hydroxylation is 1. The number of carbonyl (C=O) groups excluding carboxylic acids is 1. The number of rotatable bonds is 5. The molecule has 4 rings (SSSR count). The summed E-state index contributed by atoms with van der Waals surface area (Å²) in [7, 11) is 0. The predicted molar refractivity (Wildman–Crippen MR) is 121 cm³/mol. The SMILES string of the molecule is Cc1cc(C2=NO[C@@](c3cc(Cl)cc(Cl)c3)(C(F)(F)F)C2)ccc1C(=O)NCC1CCS1. The molecule has 0 aliphatic carbocycles. The third kappa shape index (κ3) is 4.45. The molecular weight excluding hydrogens is 484 g/mol. The van der Waals surface area contributed by atoms with Gasteiger partial charge in [-0.15, -0.1) is 0 Å². The highest BCUT2D eigenvalue weighted by molar-refractivity contribution is 8.01. The maximum Gasteiger partial charge on any atom is 0.435 e. The van der Waals surface area contributed by atoms with Crippen LogP contribution in [0.15, 0.2) is 41.6 Å². The van der Waals surface area contributed by atoms with Crippen molar-refractivity contribution in [2.75, 3.05) is 12.3 Å². The van der Waals surface area contributed by atoms with Crippen LogP contribution in [0.25, 0.3) is 0 Å². The zero-order chi connectivity index (χ0) is 23.1. The summed E-state index contributed by atoms with van der Waals surface area (Å²) < 4.78 is 42.4. The fourth-order valence-corrected chi connectivity index (χ4v) is 4.99. The number of carbonyl (C=O) groups is 1. The molecule has 170 valence electrons. The van der Waals surface area contributed by atoms with Crippen molar-refractivity contribution in [2.45, 2.75) is 36.8 Å². The van der Waals surface area contributed by atoms with Gasteiger partial charge in [0.25, 0.3) is 11.5 Å². The summed E-state index contributed by atoms with van der Waals surface area (Å²) in [5.74, 6) is 0.906. The Hall–Kier alpha value is -1.90. The second kappa shape index (κ2) is 8.80. The molecule has 2 heterocycles. The molecule has 2 aliphatic heterocycles. The van der Waals surface area contributed by atoms with Gasteiger partial charge in [-0.05, 0) is 60.6 Å². The number of hydrogen-bond acceptors (Lipinski definition) is 4. The number of nitrogens with one attached hydrogen (secondary N) is 1. The van der Waals surface area contributed by atoms with Crippen molar-refractivity contribution in [3.63, 3.8) is 0 Å². The van der Waals surface area contributed by atoms with Gasteiger partial charge in [-0.3, -0.25) is 4.79 Å². The Morgan fingerprint density at radius 1 is 1.25 bits per heavy atom. The van der Waals surface area contributed by atoms with Gasteiger partial charge >= 0.3 is 6.18 Å². The lowest BCUT2D eigenvalue weighted by Gasteiger charge is -2.29. The second-order valence-corrected chi connectivity index (χ2v) is 10.1. The Balaban J connectivity index is 1.57. The van der Waals surface area contributed by atoms with Crippen molar-refractivity contribution >= 4 is 46.6 Å². The number of hydrogen-bond donors (Lipinski definition) is 1. The lowest BCUT2D eigenvalue weighted by Crippen LogP contribution is -2.42. The highest BCUT2D eigenvalue weighted by atomic mass is 35.5. The van der Waals surface area contributed by atoms with Crippen molar-refractivity contribution in [1.82, 2.24) is 5.32 Å². The van der Waals surface area contributed by atoms with Gasteiger partial charge in [0.1, 0.15) is 0 Å². The van der Waals surface area contributed by atoms with Crippen LogP contribution in [0, 0.1) is 6.92 Å². The number of nitrogens with zero attached hydrogens (tertiary/aromatic N) is 1. The zero-order valence-electron chi connectivity index (χ0n) is 16.9. The first-order valence-corrected chi connectivity index (χ1v) is 11.7. The number of thioether (sulfide) groups is 1. The molecule has 32 heavy (non-hydrogen) atoms. The molecule has 1 fully saturated rings. The van der Waals surface area contributed by atoms with Gasteiger partial charge in [0.2, 0.25) is 0 Å². The van der Waals surface area contributed by atoms with Crippen LogP contribution in [0.3, 0.4) is 0 Å². The first-order valence-electron chi connectivity index (χ1n) is 9.88. The van der Waals surface area contributed by atoms with Crippen LogP contribution in [0.1, 0.15) is 39.9 Å². The zero-order valence-corrected chi connectivity index (χ0v) is 19.3. The van der Waals surface area contributed by atoms with Crippen LogP contribution in [0.4, 0.5) is 13.2 Å². The van der Waals surface area contributed by atoms with E-state index in [9.17, 15) is 18.0 Å². The van der Waals surface area contributed by atoms with Gasteiger partial charge in [0.15, 0.2) is 0 Å². The molecule has 10 heteroatoms. The first-order chi connectivity index (χ1) is 15.1. The fourth-order valence-electron chi connectivity index (χ4n) is 3.69. The lowest BCUT2D eigenvalue weighted by atomic mass is 9.86. The third-order valence-electron chi connectivity index (χ3n) is 5.60. The van der Waals surface area contributed by atoms with Crippen molar-refractivity contribution in [3.8, 4) is 0 Å². The van der Waals surface area contributed by atoms with Gasteiger partial charge in [-0.2, -0.15) is 24.9 Å². The summed E-state index contributed by atoms with van der Waals surface area (Å²) in [5.41, 5.74) is -1.23. The Bertz CT molecular complexity index is 1070. The van der Waals surface area contributed by atoms with E-state index in [0.717, 1.165) is 12.2 Å². The fraction of sp³-hybridized carbons (Fsp3) is 0.364. The molecule has 0 saturated carbocycles. The molecule has 1 amide bonds. The molecule has 0 spiro atoms. The molecular formula is C22H19Cl2F3N2O2S. The average Bonchev–Trinajstić information content (AvgIpc) is 3.12. The standard InChI is InChI=1S/C22H19Cl2F3N2O2S/c1-12-6-13(2-3-18(12)20(30)28-11-17-4-5-32-17)19-10-21(31-29-19,22(25,26)27)14-7-15(23)9-16(24)8-14/h2-3,6-9,17H,4-5,10-11H2,1H3,(H,28,30)/t17?,21-/m0/s1. The molecule has 0 radical (unpaired) electrons. The minimum absolute atomic E-state index is 0.0692. The topological polar surface area (TPSA) is 50.7 Å². The summed E-state index contributed by atoms with van der Waals surface area (Å²) in [6.07, 6.45) is -4.22. The first kappa shape index (κ1) is 23.3. The van der Waals surface area contributed by atoms with Crippen LogP contribution in [-0.4, -0.2) is 35.3 Å². The number of alkyl halides is 3. The second-order valence-electron chi connectivity index (χ2n) is 7.81. The van der Waals surface area contributed by atoms with Crippen molar-refractivity contribution < 1.29 is 22.8 Å². The molecule has 0 bridgehead atoms. The summed E-state index contributed by atoms with van der Waals surface area (Å²) >= 11 is 13.7. The van der Waals surface area contributed by atoms with Crippen LogP contribution in [0.5, 0.6) is 0 Å². The van der Waals surface area contributed by atoms with Crippen molar-refractivity contribution in [1.29, 1.82) is 0 Å². The Morgan fingerprint density at radius 3 is 2.50 bits per heavy atom. The smallest absolute Gasteiger partial charge is 0.374 e. The maximum atomic E-state index is 14.1. The molecule has 2 aromatic carbocycles. The quantitative estimate of drug-likeness (QED) is 0.535. The van der Waals surface area contributed by atoms with E-state index in [1.54, 1.807) is 25.1 Å². The number of amides is 1. The van der Waals surface area contributed by atoms with E-state index < -0.39 is 18.2 Å². The van der Waals surface area contributed by atoms with E-state index >= 15 is 0 Å². The molecule has 2 atom stereocenters. The van der Waals surface area contributed by atoms with Gasteiger partial charge in [-0.25, -0.2) is 0 Å². The van der Waals surface area contributed by atoms with Gasteiger partial charge in [0, 0.05) is 39.4 Å². The normalized spacial score (nSPS) is 22.7.